The van der Waals surface area contributed by atoms with Crippen LogP contribution >= 0.6 is 0 Å². The van der Waals surface area contributed by atoms with Crippen molar-refractivity contribution in [3.63, 3.8) is 0 Å². The van der Waals surface area contributed by atoms with E-state index in [1.165, 1.54) is 16.0 Å². The molecule has 7 nitrogen and oxygen atoms in total. The van der Waals surface area contributed by atoms with E-state index in [-0.39, 0.29) is 30.9 Å². The minimum Gasteiger partial charge on any atom is -0.508 e. The molecular weight excluding hydrogens is 396 g/mol. The Morgan fingerprint density at radius 2 is 2.03 bits per heavy atom. The monoisotopic (exact) mass is 428 g/mol. The summed E-state index contributed by atoms with van der Waals surface area (Å²) >= 11 is 0. The minimum atomic E-state index is -0.703. The summed E-state index contributed by atoms with van der Waals surface area (Å²) in [5.74, 6) is 0.741. The number of carbonyl (C=O) groups excluding carboxylic acids is 1. The summed E-state index contributed by atoms with van der Waals surface area (Å²) in [6.07, 6.45) is 2.39. The number of aryl methyl sites for hydroxylation is 1. The number of nitrogens with one attached hydrogen (secondary N) is 1. The van der Waals surface area contributed by atoms with Crippen LogP contribution < -0.4 is 10.1 Å². The van der Waals surface area contributed by atoms with Gasteiger partial charge in [0.2, 0.25) is 0 Å². The fourth-order valence-corrected chi connectivity index (χ4v) is 3.80. The van der Waals surface area contributed by atoms with E-state index >= 15 is 0 Å². The number of ether oxygens (including phenoxy) is 1. The number of phenolic OH excluding ortho intramolecular Hbond substituents is 1. The number of carbonyl (C=O) groups is 1. The second-order valence-electron chi connectivity index (χ2n) is 8.23. The normalized spacial score (nSPS) is 16.5. The SMILES string of the molecule is CN(C)C(=O)COc1ccc2c(c1)CC(NCC(O)c1ccc(O)c(CCO)c1)CC2. The number of benzene rings is 2. The summed E-state index contributed by atoms with van der Waals surface area (Å²) < 4.78 is 5.64. The first-order valence-corrected chi connectivity index (χ1v) is 10.7. The Kier molecular flexibility index (Phi) is 7.90. The van der Waals surface area contributed by atoms with Gasteiger partial charge in [-0.1, -0.05) is 12.1 Å². The average molecular weight is 429 g/mol. The van der Waals surface area contributed by atoms with E-state index < -0.39 is 6.10 Å². The highest BCUT2D eigenvalue weighted by Crippen LogP contribution is 2.27. The van der Waals surface area contributed by atoms with Crippen LogP contribution in [0, 0.1) is 0 Å². The molecule has 1 amide bonds. The molecule has 0 saturated heterocycles. The van der Waals surface area contributed by atoms with Crippen molar-refractivity contribution >= 4 is 5.91 Å². The smallest absolute Gasteiger partial charge is 0.259 e. The van der Waals surface area contributed by atoms with Gasteiger partial charge in [-0.15, -0.1) is 0 Å². The Morgan fingerprint density at radius 3 is 2.77 bits per heavy atom. The van der Waals surface area contributed by atoms with Gasteiger partial charge < -0.3 is 30.3 Å². The number of amides is 1. The molecule has 2 unspecified atom stereocenters. The number of hydrogen-bond donors (Lipinski definition) is 4. The van der Waals surface area contributed by atoms with Crippen molar-refractivity contribution < 1.29 is 24.9 Å². The fraction of sp³-hybridized carbons (Fsp3) is 0.458. The van der Waals surface area contributed by atoms with Gasteiger partial charge in [0.25, 0.3) is 5.91 Å². The zero-order valence-electron chi connectivity index (χ0n) is 18.2. The quantitative estimate of drug-likeness (QED) is 0.484. The number of hydrogen-bond acceptors (Lipinski definition) is 6. The number of aliphatic hydroxyl groups excluding tert-OH is 2. The molecule has 0 spiro atoms. The zero-order chi connectivity index (χ0) is 22.4. The van der Waals surface area contributed by atoms with Gasteiger partial charge >= 0.3 is 0 Å². The number of aromatic hydroxyl groups is 1. The number of nitrogens with zero attached hydrogens (tertiary/aromatic N) is 1. The van der Waals surface area contributed by atoms with Crippen LogP contribution in [0.2, 0.25) is 0 Å². The highest BCUT2D eigenvalue weighted by atomic mass is 16.5. The molecule has 0 heterocycles. The number of likely N-dealkylation sites (N-methyl/N-ethyl adjacent to an activating group) is 1. The van der Waals surface area contributed by atoms with Crippen molar-refractivity contribution in [3.8, 4) is 11.5 Å². The Bertz CT molecular complexity index is 900. The summed E-state index contributed by atoms with van der Waals surface area (Å²) in [5, 5.41) is 33.0. The van der Waals surface area contributed by atoms with E-state index in [0.29, 0.717) is 29.8 Å². The first-order chi connectivity index (χ1) is 14.9. The molecule has 1 aliphatic carbocycles. The van der Waals surface area contributed by atoms with Crippen molar-refractivity contribution in [1.29, 1.82) is 0 Å². The molecule has 7 heteroatoms. The molecule has 3 rings (SSSR count). The maximum Gasteiger partial charge on any atom is 0.259 e. The van der Waals surface area contributed by atoms with Crippen molar-refractivity contribution in [2.45, 2.75) is 37.8 Å². The topological polar surface area (TPSA) is 102 Å². The molecule has 0 aromatic heterocycles. The third-order valence-electron chi connectivity index (χ3n) is 5.74. The van der Waals surface area contributed by atoms with Crippen molar-refractivity contribution in [1.82, 2.24) is 10.2 Å². The number of aliphatic hydroxyl groups is 2. The first kappa shape index (κ1) is 23.1. The fourth-order valence-electron chi connectivity index (χ4n) is 3.80. The van der Waals surface area contributed by atoms with E-state index in [4.69, 9.17) is 9.84 Å². The van der Waals surface area contributed by atoms with E-state index in [1.54, 1.807) is 32.3 Å². The van der Waals surface area contributed by atoms with Crippen LogP contribution in [0.1, 0.15) is 34.8 Å². The molecule has 0 radical (unpaired) electrons. The molecule has 2 aromatic carbocycles. The summed E-state index contributed by atoms with van der Waals surface area (Å²) in [6.45, 7) is 0.364. The highest BCUT2D eigenvalue weighted by molar-refractivity contribution is 5.77. The van der Waals surface area contributed by atoms with Gasteiger partial charge in [-0.05, 0) is 72.2 Å². The van der Waals surface area contributed by atoms with Crippen LogP contribution in [0.3, 0.4) is 0 Å². The third kappa shape index (κ3) is 6.19. The van der Waals surface area contributed by atoms with Gasteiger partial charge in [0.05, 0.1) is 6.10 Å². The molecule has 0 bridgehead atoms. The summed E-state index contributed by atoms with van der Waals surface area (Å²) in [5.41, 5.74) is 3.83. The van der Waals surface area contributed by atoms with Gasteiger partial charge in [-0.25, -0.2) is 0 Å². The Balaban J connectivity index is 1.56. The molecule has 0 aliphatic heterocycles. The van der Waals surface area contributed by atoms with Gasteiger partial charge in [0, 0.05) is 33.3 Å². The standard InChI is InChI=1S/C24H32N2O5/c1-26(2)24(30)15-31-21-7-4-16-3-6-20(12-19(16)13-21)25-14-23(29)17-5-8-22(28)18(11-17)9-10-27/h4-5,7-8,11,13,20,23,25,27-29H,3,6,9-10,12,14-15H2,1-2H3. The van der Waals surface area contributed by atoms with Crippen LogP contribution in [0.5, 0.6) is 11.5 Å². The maximum absolute atomic E-state index is 11.7. The van der Waals surface area contributed by atoms with Crippen molar-refractivity contribution in [3.05, 3.63) is 58.7 Å². The molecule has 4 N–H and O–H groups in total. The van der Waals surface area contributed by atoms with Crippen molar-refractivity contribution in [2.75, 3.05) is 33.9 Å². The summed E-state index contributed by atoms with van der Waals surface area (Å²) in [6, 6.07) is 11.2. The molecule has 1 aliphatic rings. The van der Waals surface area contributed by atoms with Crippen LogP contribution in [0.4, 0.5) is 0 Å². The molecule has 0 fully saturated rings. The average Bonchev–Trinajstić information content (AvgIpc) is 2.76. The number of rotatable bonds is 9. The second-order valence-corrected chi connectivity index (χ2v) is 8.23. The molecular formula is C24H32N2O5. The van der Waals surface area contributed by atoms with Gasteiger partial charge in [0.1, 0.15) is 11.5 Å². The van der Waals surface area contributed by atoms with Gasteiger partial charge in [-0.3, -0.25) is 4.79 Å². The molecule has 31 heavy (non-hydrogen) atoms. The zero-order valence-corrected chi connectivity index (χ0v) is 18.2. The molecule has 0 saturated carbocycles. The highest BCUT2D eigenvalue weighted by Gasteiger charge is 2.20. The van der Waals surface area contributed by atoms with E-state index in [2.05, 4.69) is 11.4 Å². The number of fused-ring (bicyclic) bond motifs is 1. The van der Waals surface area contributed by atoms with Crippen LogP contribution in [-0.4, -0.2) is 66.0 Å². The predicted molar refractivity (Wildman–Crippen MR) is 118 cm³/mol. The largest absolute Gasteiger partial charge is 0.508 e. The Hall–Kier alpha value is -2.61. The number of phenols is 1. The first-order valence-electron chi connectivity index (χ1n) is 10.7. The van der Waals surface area contributed by atoms with Gasteiger partial charge in [-0.2, -0.15) is 0 Å². The lowest BCUT2D eigenvalue weighted by molar-refractivity contribution is -0.130. The van der Waals surface area contributed by atoms with Gasteiger partial charge in [0.15, 0.2) is 6.61 Å². The molecule has 168 valence electrons. The lowest BCUT2D eigenvalue weighted by atomic mass is 9.88. The summed E-state index contributed by atoms with van der Waals surface area (Å²) in [7, 11) is 3.41. The van der Waals surface area contributed by atoms with Crippen LogP contribution in [-0.2, 0) is 24.1 Å². The predicted octanol–water partition coefficient (Wildman–Crippen LogP) is 1.57. The Morgan fingerprint density at radius 1 is 1.23 bits per heavy atom. The second kappa shape index (κ2) is 10.6. The lowest BCUT2D eigenvalue weighted by Gasteiger charge is -2.27. The van der Waals surface area contributed by atoms with E-state index in [1.807, 2.05) is 12.1 Å². The summed E-state index contributed by atoms with van der Waals surface area (Å²) in [4.78, 5) is 13.2. The lowest BCUT2D eigenvalue weighted by Crippen LogP contribution is -2.37. The Labute approximate surface area is 183 Å². The van der Waals surface area contributed by atoms with E-state index in [0.717, 1.165) is 19.3 Å². The minimum absolute atomic E-state index is 0.0184. The third-order valence-corrected chi connectivity index (χ3v) is 5.74. The molecule has 2 aromatic rings. The van der Waals surface area contributed by atoms with Crippen molar-refractivity contribution in [2.24, 2.45) is 0 Å². The molecule has 2 atom stereocenters. The van der Waals surface area contributed by atoms with E-state index in [9.17, 15) is 15.0 Å². The van der Waals surface area contributed by atoms with Crippen LogP contribution in [0.25, 0.3) is 0 Å². The maximum atomic E-state index is 11.7. The van der Waals surface area contributed by atoms with Crippen LogP contribution in [0.15, 0.2) is 36.4 Å².